The zero-order valence-electron chi connectivity index (χ0n) is 13.9. The Morgan fingerprint density at radius 2 is 1.86 bits per heavy atom. The van der Waals surface area contributed by atoms with Crippen LogP contribution in [0.25, 0.3) is 0 Å². The number of ether oxygens (including phenoxy) is 2. The third-order valence-electron chi connectivity index (χ3n) is 3.84. The van der Waals surface area contributed by atoms with Crippen LogP contribution in [0.3, 0.4) is 0 Å². The minimum Gasteiger partial charge on any atom is -0.462 e. The van der Waals surface area contributed by atoms with Gasteiger partial charge in [-0.25, -0.2) is 4.79 Å². The van der Waals surface area contributed by atoms with Crippen molar-refractivity contribution in [1.29, 1.82) is 0 Å². The highest BCUT2D eigenvalue weighted by Gasteiger charge is 2.30. The number of hydrogen-bond donors (Lipinski definition) is 1. The van der Waals surface area contributed by atoms with Crippen LogP contribution in [-0.4, -0.2) is 53.7 Å². The first-order valence-corrected chi connectivity index (χ1v) is 7.66. The maximum atomic E-state index is 12.7. The highest BCUT2D eigenvalue weighted by molar-refractivity contribution is 6.00. The maximum Gasteiger partial charge on any atom is 0.340 e. The van der Waals surface area contributed by atoms with Crippen LogP contribution in [0.15, 0.2) is 0 Å². The minimum atomic E-state index is -0.392. The van der Waals surface area contributed by atoms with Crippen LogP contribution in [0.5, 0.6) is 0 Å². The molecule has 6 heteroatoms. The van der Waals surface area contributed by atoms with Gasteiger partial charge >= 0.3 is 5.97 Å². The first-order valence-electron chi connectivity index (χ1n) is 7.66. The molecular formula is C16H24N2O4. The quantitative estimate of drug-likeness (QED) is 0.868. The lowest BCUT2D eigenvalue weighted by Gasteiger charge is -2.35. The van der Waals surface area contributed by atoms with Crippen LogP contribution in [0.2, 0.25) is 0 Å². The molecule has 6 nitrogen and oxygen atoms in total. The van der Waals surface area contributed by atoms with Crippen LogP contribution in [0, 0.1) is 13.8 Å². The van der Waals surface area contributed by atoms with E-state index in [9.17, 15) is 9.59 Å². The summed E-state index contributed by atoms with van der Waals surface area (Å²) >= 11 is 0. The first kappa shape index (κ1) is 16.5. The largest absolute Gasteiger partial charge is 0.462 e. The Bertz CT molecular complexity index is 569. The summed E-state index contributed by atoms with van der Waals surface area (Å²) < 4.78 is 10.7. The van der Waals surface area contributed by atoms with E-state index in [0.717, 1.165) is 0 Å². The van der Waals surface area contributed by atoms with Crippen molar-refractivity contribution in [3.8, 4) is 0 Å². The molecule has 1 fully saturated rings. The van der Waals surface area contributed by atoms with Crippen molar-refractivity contribution < 1.29 is 19.1 Å². The predicted octanol–water partition coefficient (Wildman–Crippen LogP) is 2.06. The van der Waals surface area contributed by atoms with Crippen molar-refractivity contribution in [1.82, 2.24) is 9.88 Å². The molecule has 1 saturated heterocycles. The Morgan fingerprint density at radius 1 is 1.27 bits per heavy atom. The van der Waals surface area contributed by atoms with Crippen LogP contribution in [0.1, 0.15) is 52.9 Å². The number of hydrogen-bond acceptors (Lipinski definition) is 4. The molecule has 1 aliphatic heterocycles. The van der Waals surface area contributed by atoms with Crippen LogP contribution >= 0.6 is 0 Å². The zero-order chi connectivity index (χ0) is 16.4. The molecule has 0 radical (unpaired) electrons. The van der Waals surface area contributed by atoms with Crippen molar-refractivity contribution in [2.75, 3.05) is 19.7 Å². The maximum absolute atomic E-state index is 12.7. The number of rotatable bonds is 3. The van der Waals surface area contributed by atoms with Gasteiger partial charge in [0, 0.05) is 18.8 Å². The number of aromatic amines is 1. The Labute approximate surface area is 130 Å². The second-order valence-electron chi connectivity index (χ2n) is 5.81. The molecule has 0 aliphatic carbocycles. The van der Waals surface area contributed by atoms with E-state index in [2.05, 4.69) is 4.98 Å². The molecule has 1 aromatic heterocycles. The van der Waals surface area contributed by atoms with Gasteiger partial charge in [-0.2, -0.15) is 0 Å². The lowest BCUT2D eigenvalue weighted by atomic mass is 10.1. The summed E-state index contributed by atoms with van der Waals surface area (Å²) in [5.74, 6) is -0.491. The number of nitrogens with one attached hydrogen (secondary N) is 1. The number of carbonyl (C=O) groups is 2. The van der Waals surface area contributed by atoms with E-state index in [-0.39, 0.29) is 18.1 Å². The molecule has 0 saturated carbocycles. The lowest BCUT2D eigenvalue weighted by molar-refractivity contribution is -0.0587. The Morgan fingerprint density at radius 3 is 2.41 bits per heavy atom. The van der Waals surface area contributed by atoms with Crippen molar-refractivity contribution in [2.24, 2.45) is 0 Å². The van der Waals surface area contributed by atoms with E-state index in [1.165, 1.54) is 0 Å². The van der Waals surface area contributed by atoms with Crippen LogP contribution in [0.4, 0.5) is 0 Å². The van der Waals surface area contributed by atoms with Gasteiger partial charge in [0.15, 0.2) is 0 Å². The van der Waals surface area contributed by atoms with Crippen LogP contribution in [-0.2, 0) is 9.47 Å². The summed E-state index contributed by atoms with van der Waals surface area (Å²) in [6.07, 6.45) is 0.0159. The van der Waals surface area contributed by atoms with E-state index in [1.54, 1.807) is 25.7 Å². The summed E-state index contributed by atoms with van der Waals surface area (Å²) in [7, 11) is 0. The molecule has 22 heavy (non-hydrogen) atoms. The Hall–Kier alpha value is -1.82. The molecule has 0 spiro atoms. The van der Waals surface area contributed by atoms with Crippen molar-refractivity contribution in [3.63, 3.8) is 0 Å². The van der Waals surface area contributed by atoms with E-state index in [1.807, 2.05) is 13.8 Å². The molecule has 1 aromatic rings. The van der Waals surface area contributed by atoms with Crippen LogP contribution < -0.4 is 0 Å². The van der Waals surface area contributed by atoms with Gasteiger partial charge in [0.05, 0.1) is 24.4 Å². The van der Waals surface area contributed by atoms with E-state index in [0.29, 0.717) is 42.2 Å². The van der Waals surface area contributed by atoms with Gasteiger partial charge in [0.1, 0.15) is 5.69 Å². The van der Waals surface area contributed by atoms with E-state index < -0.39 is 5.97 Å². The third kappa shape index (κ3) is 3.16. The van der Waals surface area contributed by atoms with Crippen molar-refractivity contribution >= 4 is 11.9 Å². The highest BCUT2D eigenvalue weighted by Crippen LogP contribution is 2.22. The topological polar surface area (TPSA) is 71.6 Å². The number of esters is 1. The number of aromatic nitrogens is 1. The summed E-state index contributed by atoms with van der Waals surface area (Å²) in [6, 6.07) is 0. The number of morpholine rings is 1. The number of nitrogens with zero attached hydrogens (tertiary/aromatic N) is 1. The average Bonchev–Trinajstić information content (AvgIpc) is 2.72. The normalized spacial score (nSPS) is 21.8. The zero-order valence-corrected chi connectivity index (χ0v) is 13.9. The molecule has 2 atom stereocenters. The number of amides is 1. The number of H-pyrrole nitrogens is 1. The highest BCUT2D eigenvalue weighted by atomic mass is 16.5. The third-order valence-corrected chi connectivity index (χ3v) is 3.84. The average molecular weight is 308 g/mol. The van der Waals surface area contributed by atoms with Gasteiger partial charge in [-0.15, -0.1) is 0 Å². The molecule has 0 bridgehead atoms. The fourth-order valence-corrected chi connectivity index (χ4v) is 2.98. The fourth-order valence-electron chi connectivity index (χ4n) is 2.98. The summed E-state index contributed by atoms with van der Waals surface area (Å²) in [6.45, 7) is 10.6. The molecular weight excluding hydrogens is 284 g/mol. The second-order valence-corrected chi connectivity index (χ2v) is 5.81. The molecule has 1 N–H and O–H groups in total. The molecule has 1 aliphatic rings. The SMILES string of the molecule is CCOC(=O)c1c(C)[nH]c(C(=O)N2C[C@@H](C)O[C@H](C)C2)c1C. The minimum absolute atomic E-state index is 0.00796. The molecule has 0 aromatic carbocycles. The molecule has 122 valence electrons. The Kier molecular flexibility index (Phi) is 4.90. The summed E-state index contributed by atoms with van der Waals surface area (Å²) in [4.78, 5) is 29.6. The van der Waals surface area contributed by atoms with E-state index >= 15 is 0 Å². The summed E-state index contributed by atoms with van der Waals surface area (Å²) in [5, 5.41) is 0. The van der Waals surface area contributed by atoms with Gasteiger partial charge < -0.3 is 19.4 Å². The van der Waals surface area contributed by atoms with Gasteiger partial charge in [-0.05, 0) is 40.2 Å². The summed E-state index contributed by atoms with van der Waals surface area (Å²) in [5.41, 5.74) is 2.22. The van der Waals surface area contributed by atoms with Gasteiger partial charge in [0.2, 0.25) is 0 Å². The van der Waals surface area contributed by atoms with Crippen molar-refractivity contribution in [2.45, 2.75) is 46.8 Å². The predicted molar refractivity (Wildman–Crippen MR) is 82.1 cm³/mol. The second kappa shape index (κ2) is 6.52. The standard InChI is InChI=1S/C16H24N2O4/c1-6-21-16(20)13-11(4)14(17-12(13)5)15(19)18-7-9(2)22-10(3)8-18/h9-10,17H,6-8H2,1-5H3/t9-,10-/m1/s1. The first-order chi connectivity index (χ1) is 10.3. The van der Waals surface area contributed by atoms with Crippen molar-refractivity contribution in [3.05, 3.63) is 22.5 Å². The van der Waals surface area contributed by atoms with Gasteiger partial charge in [-0.1, -0.05) is 0 Å². The lowest BCUT2D eigenvalue weighted by Crippen LogP contribution is -2.48. The van der Waals surface area contributed by atoms with Gasteiger partial charge in [-0.3, -0.25) is 4.79 Å². The smallest absolute Gasteiger partial charge is 0.340 e. The number of carbonyl (C=O) groups excluding carboxylic acids is 2. The number of aryl methyl sites for hydroxylation is 1. The Balaban J connectivity index is 2.27. The molecule has 1 amide bonds. The molecule has 2 heterocycles. The molecule has 2 rings (SSSR count). The monoisotopic (exact) mass is 308 g/mol. The van der Waals surface area contributed by atoms with E-state index in [4.69, 9.17) is 9.47 Å². The van der Waals surface area contributed by atoms with Gasteiger partial charge in [0.25, 0.3) is 5.91 Å². The fraction of sp³-hybridized carbons (Fsp3) is 0.625. The molecule has 0 unspecified atom stereocenters.